The van der Waals surface area contributed by atoms with Gasteiger partial charge in [0.2, 0.25) is 0 Å². The van der Waals surface area contributed by atoms with Gasteiger partial charge in [-0.2, -0.15) is 0 Å². The lowest BCUT2D eigenvalue weighted by Crippen LogP contribution is -2.52. The van der Waals surface area contributed by atoms with Crippen molar-refractivity contribution in [3.8, 4) is 0 Å². The van der Waals surface area contributed by atoms with Gasteiger partial charge in [-0.05, 0) is 31.6 Å². The molecule has 1 aliphatic heterocycles. The van der Waals surface area contributed by atoms with Crippen molar-refractivity contribution in [2.45, 2.75) is 44.8 Å². The number of hydrogen-bond acceptors (Lipinski definition) is 4. The standard InChI is InChI=1S/C15H30N2O2/c1-13-3-5-14(6-4-13)17-9-7-16(8-10-17)11-15(18)12-19-2/h13-15,18H,3-12H2,1-2H3/t13?,14?,15-/m0/s1. The number of β-amino-alcohol motifs (C(OH)–C–C–N with tert-alkyl or cyclic N) is 1. The van der Waals surface area contributed by atoms with Crippen molar-refractivity contribution < 1.29 is 9.84 Å². The van der Waals surface area contributed by atoms with Gasteiger partial charge < -0.3 is 9.84 Å². The van der Waals surface area contributed by atoms with Crippen LogP contribution in [0.15, 0.2) is 0 Å². The van der Waals surface area contributed by atoms with Gasteiger partial charge in [0, 0.05) is 45.9 Å². The predicted octanol–water partition coefficient (Wildman–Crippen LogP) is 1.19. The topological polar surface area (TPSA) is 35.9 Å². The van der Waals surface area contributed by atoms with Crippen LogP contribution < -0.4 is 0 Å². The number of nitrogens with zero attached hydrogens (tertiary/aromatic N) is 2. The van der Waals surface area contributed by atoms with Crippen LogP contribution in [0.3, 0.4) is 0 Å². The Bertz CT molecular complexity index is 247. The molecule has 1 heterocycles. The summed E-state index contributed by atoms with van der Waals surface area (Å²) in [6.07, 6.45) is 5.22. The molecule has 2 aliphatic rings. The van der Waals surface area contributed by atoms with Crippen molar-refractivity contribution in [1.29, 1.82) is 0 Å². The first kappa shape index (κ1) is 15.2. The van der Waals surface area contributed by atoms with Crippen LogP contribution in [-0.2, 0) is 4.74 Å². The van der Waals surface area contributed by atoms with Gasteiger partial charge in [0.15, 0.2) is 0 Å². The van der Waals surface area contributed by atoms with E-state index in [-0.39, 0.29) is 6.10 Å². The summed E-state index contributed by atoms with van der Waals surface area (Å²) in [5, 5.41) is 9.76. The summed E-state index contributed by atoms with van der Waals surface area (Å²) in [6, 6.07) is 0.822. The van der Waals surface area contributed by atoms with E-state index in [4.69, 9.17) is 4.74 Å². The van der Waals surface area contributed by atoms with Crippen LogP contribution in [0.2, 0.25) is 0 Å². The van der Waals surface area contributed by atoms with Crippen LogP contribution in [-0.4, -0.2) is 73.5 Å². The number of aliphatic hydroxyl groups is 1. The zero-order chi connectivity index (χ0) is 13.7. The molecule has 2 fully saturated rings. The van der Waals surface area contributed by atoms with E-state index in [2.05, 4.69) is 16.7 Å². The van der Waals surface area contributed by atoms with Crippen molar-refractivity contribution in [3.05, 3.63) is 0 Å². The van der Waals surface area contributed by atoms with Gasteiger partial charge in [-0.15, -0.1) is 0 Å². The first-order valence-electron chi connectivity index (χ1n) is 7.82. The van der Waals surface area contributed by atoms with E-state index in [0.29, 0.717) is 6.61 Å². The molecule has 0 bridgehead atoms. The first-order chi connectivity index (χ1) is 9.19. The molecule has 1 saturated carbocycles. The normalized spacial score (nSPS) is 32.4. The molecule has 0 amide bonds. The van der Waals surface area contributed by atoms with Gasteiger partial charge in [-0.1, -0.05) is 6.92 Å². The van der Waals surface area contributed by atoms with E-state index in [1.54, 1.807) is 7.11 Å². The van der Waals surface area contributed by atoms with E-state index < -0.39 is 0 Å². The van der Waals surface area contributed by atoms with Gasteiger partial charge >= 0.3 is 0 Å². The summed E-state index contributed by atoms with van der Waals surface area (Å²) in [7, 11) is 1.64. The smallest absolute Gasteiger partial charge is 0.0900 e. The minimum Gasteiger partial charge on any atom is -0.389 e. The Kier molecular flexibility index (Phi) is 6.07. The molecule has 1 N–H and O–H groups in total. The molecule has 1 atom stereocenters. The Balaban J connectivity index is 1.67. The second-order valence-corrected chi connectivity index (χ2v) is 6.36. The second kappa shape index (κ2) is 7.58. The van der Waals surface area contributed by atoms with Crippen molar-refractivity contribution in [1.82, 2.24) is 9.80 Å². The van der Waals surface area contributed by atoms with Crippen molar-refractivity contribution in [2.24, 2.45) is 5.92 Å². The molecule has 0 aromatic carbocycles. The average molecular weight is 270 g/mol. The van der Waals surface area contributed by atoms with Crippen molar-refractivity contribution in [3.63, 3.8) is 0 Å². The Labute approximate surface area is 117 Å². The fraction of sp³-hybridized carbons (Fsp3) is 1.00. The molecule has 1 aliphatic carbocycles. The zero-order valence-corrected chi connectivity index (χ0v) is 12.6. The minimum atomic E-state index is -0.341. The molecule has 4 heteroatoms. The van der Waals surface area contributed by atoms with Crippen LogP contribution >= 0.6 is 0 Å². The molecule has 4 nitrogen and oxygen atoms in total. The summed E-state index contributed by atoms with van der Waals surface area (Å²) >= 11 is 0. The molecule has 0 aromatic heterocycles. The number of methoxy groups -OCH3 is 1. The van der Waals surface area contributed by atoms with Crippen LogP contribution in [0.25, 0.3) is 0 Å². The Hall–Kier alpha value is -0.160. The molecule has 0 aromatic rings. The van der Waals surface area contributed by atoms with Gasteiger partial charge in [0.1, 0.15) is 0 Å². The molecular weight excluding hydrogens is 240 g/mol. The van der Waals surface area contributed by atoms with Gasteiger partial charge in [-0.25, -0.2) is 0 Å². The van der Waals surface area contributed by atoms with E-state index >= 15 is 0 Å². The number of piperazine rings is 1. The monoisotopic (exact) mass is 270 g/mol. The average Bonchev–Trinajstić information content (AvgIpc) is 2.41. The fourth-order valence-corrected chi connectivity index (χ4v) is 3.46. The second-order valence-electron chi connectivity index (χ2n) is 6.36. The van der Waals surface area contributed by atoms with E-state index in [1.165, 1.54) is 38.8 Å². The maximum Gasteiger partial charge on any atom is 0.0900 e. The molecule has 2 rings (SSSR count). The van der Waals surface area contributed by atoms with E-state index in [0.717, 1.165) is 31.6 Å². The number of rotatable bonds is 5. The van der Waals surface area contributed by atoms with Gasteiger partial charge in [-0.3, -0.25) is 9.80 Å². The fourth-order valence-electron chi connectivity index (χ4n) is 3.46. The summed E-state index contributed by atoms with van der Waals surface area (Å²) in [5.41, 5.74) is 0. The third-order valence-corrected chi connectivity index (χ3v) is 4.74. The molecule has 0 unspecified atom stereocenters. The van der Waals surface area contributed by atoms with Gasteiger partial charge in [0.05, 0.1) is 12.7 Å². The Morgan fingerprint density at radius 1 is 1.11 bits per heavy atom. The SMILES string of the molecule is COC[C@@H](O)CN1CCN(C2CCC(C)CC2)CC1. The number of hydrogen-bond donors (Lipinski definition) is 1. The van der Waals surface area contributed by atoms with Crippen LogP contribution in [0, 0.1) is 5.92 Å². The lowest BCUT2D eigenvalue weighted by Gasteiger charge is -2.42. The third kappa shape index (κ3) is 4.71. The predicted molar refractivity (Wildman–Crippen MR) is 77.3 cm³/mol. The van der Waals surface area contributed by atoms with Crippen LogP contribution in [0.4, 0.5) is 0 Å². The number of ether oxygens (including phenoxy) is 1. The lowest BCUT2D eigenvalue weighted by molar-refractivity contribution is 0.0137. The largest absolute Gasteiger partial charge is 0.389 e. The molecule has 19 heavy (non-hydrogen) atoms. The summed E-state index contributed by atoms with van der Waals surface area (Å²) in [4.78, 5) is 5.04. The number of aliphatic hydroxyl groups excluding tert-OH is 1. The molecule has 0 radical (unpaired) electrons. The van der Waals surface area contributed by atoms with Gasteiger partial charge in [0.25, 0.3) is 0 Å². The quantitative estimate of drug-likeness (QED) is 0.814. The molecule has 1 saturated heterocycles. The minimum absolute atomic E-state index is 0.341. The zero-order valence-electron chi connectivity index (χ0n) is 12.6. The van der Waals surface area contributed by atoms with E-state index in [9.17, 15) is 5.11 Å². The molecule has 0 spiro atoms. The van der Waals surface area contributed by atoms with Crippen LogP contribution in [0.5, 0.6) is 0 Å². The van der Waals surface area contributed by atoms with Crippen molar-refractivity contribution in [2.75, 3.05) is 46.4 Å². The molecule has 112 valence electrons. The highest BCUT2D eigenvalue weighted by molar-refractivity contribution is 4.82. The summed E-state index contributed by atoms with van der Waals surface area (Å²) in [6.45, 7) is 8.09. The lowest BCUT2D eigenvalue weighted by atomic mass is 9.86. The third-order valence-electron chi connectivity index (χ3n) is 4.74. The highest BCUT2D eigenvalue weighted by Gasteiger charge is 2.27. The summed E-state index contributed by atoms with van der Waals surface area (Å²) in [5.74, 6) is 0.932. The first-order valence-corrected chi connectivity index (χ1v) is 7.82. The Morgan fingerprint density at radius 3 is 2.32 bits per heavy atom. The van der Waals surface area contributed by atoms with Crippen molar-refractivity contribution >= 4 is 0 Å². The Morgan fingerprint density at radius 2 is 1.74 bits per heavy atom. The maximum absolute atomic E-state index is 9.76. The van der Waals surface area contributed by atoms with Crippen LogP contribution in [0.1, 0.15) is 32.6 Å². The highest BCUT2D eigenvalue weighted by Crippen LogP contribution is 2.27. The maximum atomic E-state index is 9.76. The van der Waals surface area contributed by atoms with E-state index in [1.807, 2.05) is 0 Å². The molecular formula is C15H30N2O2. The highest BCUT2D eigenvalue weighted by atomic mass is 16.5. The summed E-state index contributed by atoms with van der Waals surface area (Å²) < 4.78 is 4.98.